The summed E-state index contributed by atoms with van der Waals surface area (Å²) in [5, 5.41) is 1.60. The lowest BCUT2D eigenvalue weighted by molar-refractivity contribution is -0.120. The highest BCUT2D eigenvalue weighted by molar-refractivity contribution is 7.68. The van der Waals surface area contributed by atoms with Crippen molar-refractivity contribution in [3.63, 3.8) is 0 Å². The van der Waals surface area contributed by atoms with Gasteiger partial charge in [-0.25, -0.2) is 0 Å². The zero-order chi connectivity index (χ0) is 45.9. The van der Waals surface area contributed by atoms with Crippen LogP contribution in [-0.2, 0) is 4.79 Å². The number of ketones is 1. The van der Waals surface area contributed by atoms with E-state index in [-0.39, 0.29) is 23.7 Å². The summed E-state index contributed by atoms with van der Waals surface area (Å²) >= 11 is 0. The van der Waals surface area contributed by atoms with Gasteiger partial charge in [-0.05, 0) is 146 Å². The summed E-state index contributed by atoms with van der Waals surface area (Å²) < 4.78 is 12.0. The third-order valence-corrected chi connectivity index (χ3v) is 19.2. The Hall–Kier alpha value is -4.20. The molecule has 1 saturated heterocycles. The van der Waals surface area contributed by atoms with Crippen molar-refractivity contribution in [2.24, 2.45) is 11.8 Å². The van der Waals surface area contributed by atoms with E-state index in [1.165, 1.54) is 120 Å². The van der Waals surface area contributed by atoms with Crippen molar-refractivity contribution in [2.45, 2.75) is 167 Å². The van der Waals surface area contributed by atoms with E-state index >= 15 is 0 Å². The van der Waals surface area contributed by atoms with Gasteiger partial charge in [-0.1, -0.05) is 181 Å². The van der Waals surface area contributed by atoms with Crippen LogP contribution < -0.4 is 14.8 Å². The summed E-state index contributed by atoms with van der Waals surface area (Å²) in [7, 11) is 2.82. The number of Topliss-reactive ketones (excluding diaryl/α,β-unsaturated/α-hetero) is 1. The van der Waals surface area contributed by atoms with Gasteiger partial charge in [0.15, 0.2) is 0 Å². The molecule has 0 N–H and O–H groups in total. The molecule has 2 aliphatic carbocycles. The fraction of sp³-hybridized carbons (Fsp3) is 0.492. The average molecular weight is 889 g/mol. The summed E-state index contributed by atoms with van der Waals surface area (Å²) in [5.74, 6) is 4.69. The van der Waals surface area contributed by atoms with Gasteiger partial charge in [0.1, 0.15) is 17.3 Å². The van der Waals surface area contributed by atoms with Gasteiger partial charge >= 0.3 is 0 Å². The first-order valence-corrected chi connectivity index (χ1v) is 27.0. The number of hydrogen-bond acceptors (Lipinski definition) is 3. The van der Waals surface area contributed by atoms with Crippen LogP contribution in [0.4, 0.5) is 0 Å². The molecule has 0 amide bonds. The molecule has 1 aliphatic heterocycles. The van der Waals surface area contributed by atoms with Crippen molar-refractivity contribution in [2.75, 3.05) is 14.2 Å². The number of ether oxygens (including phenoxy) is 2. The third-order valence-electron chi connectivity index (χ3n) is 15.5. The van der Waals surface area contributed by atoms with Crippen molar-refractivity contribution in [3.05, 3.63) is 113 Å². The molecule has 0 radical (unpaired) electrons. The first-order chi connectivity index (χ1) is 31.4. The van der Waals surface area contributed by atoms with E-state index in [0.717, 1.165) is 35.5 Å². The Bertz CT molecular complexity index is 2220. The molecular weight excluding hydrogens is 812 g/mol. The number of rotatable bonds is 13. The summed E-state index contributed by atoms with van der Waals surface area (Å²) in [5.41, 5.74) is 16.9. The molecule has 0 bridgehead atoms. The largest absolute Gasteiger partial charge is 0.496 e. The molecule has 1 heterocycles. The lowest BCUT2D eigenvalue weighted by atomic mass is 9.79. The molecular formula is C61H77O3P. The zero-order valence-electron chi connectivity index (χ0n) is 41.4. The number of carbonyl (C=O) groups is 1. The van der Waals surface area contributed by atoms with Crippen LogP contribution in [0.2, 0.25) is 0 Å². The van der Waals surface area contributed by atoms with E-state index < -0.39 is 7.92 Å². The first-order valence-electron chi connectivity index (χ1n) is 25.5. The second-order valence-electron chi connectivity index (χ2n) is 21.1. The fourth-order valence-corrected chi connectivity index (χ4v) is 16.7. The van der Waals surface area contributed by atoms with Crippen LogP contribution in [0, 0.1) is 11.8 Å². The summed E-state index contributed by atoms with van der Waals surface area (Å²) in [6.45, 7) is 19.1. The van der Waals surface area contributed by atoms with E-state index in [1.54, 1.807) is 19.5 Å². The standard InChI is InChI=1S/C61H77O3P/c1-38(2)51-32-44(47-26-17-19-30-55(47)63-9)33-52(39(3)4)59(51)49-28-21-29-50(60-53(40(5)6)34-45(35-54(60)41(7)8)48-27-18-20-31-56(48)64-10)61(49)65-57(42-22-13-11-14-23-42)36-46(62)37-58(65)43-24-15-12-16-25-43/h17-21,26-35,38-43,57-58H,11-16,22-25,36-37H2,1-10H3. The quantitative estimate of drug-likeness (QED) is 0.111. The highest BCUT2D eigenvalue weighted by atomic mass is 31.1. The second kappa shape index (κ2) is 20.8. The Balaban J connectivity index is 1.51. The Labute approximate surface area is 394 Å². The maximum absolute atomic E-state index is 14.5. The smallest absolute Gasteiger partial charge is 0.134 e. The van der Waals surface area contributed by atoms with E-state index in [0.29, 0.717) is 28.9 Å². The van der Waals surface area contributed by atoms with E-state index in [2.05, 4.69) is 146 Å². The number of benzene rings is 5. The van der Waals surface area contributed by atoms with Gasteiger partial charge in [0.25, 0.3) is 0 Å². The normalized spacial score (nSPS) is 20.0. The van der Waals surface area contributed by atoms with E-state index in [1.807, 2.05) is 0 Å². The molecule has 3 aliphatic rings. The number of para-hydroxylation sites is 2. The summed E-state index contributed by atoms with van der Waals surface area (Å²) in [6.07, 6.45) is 14.3. The number of methoxy groups -OCH3 is 2. The third kappa shape index (κ3) is 9.66. The van der Waals surface area contributed by atoms with Crippen molar-refractivity contribution >= 4 is 19.0 Å². The van der Waals surface area contributed by atoms with Gasteiger partial charge in [-0.2, -0.15) is 0 Å². The molecule has 0 aromatic heterocycles. The molecule has 3 nitrogen and oxygen atoms in total. The SMILES string of the molecule is COc1ccccc1-c1cc(C(C)C)c(-c2cccc(-c3c(C(C)C)cc(-c4ccccc4OC)cc3C(C)C)c2P2C(C3CCCCC3)CC(=O)CC2C2CCCCC2)c(C(C)C)c1. The summed E-state index contributed by atoms with van der Waals surface area (Å²) in [6, 6.07) is 34.5. The van der Waals surface area contributed by atoms with Crippen LogP contribution in [0.1, 0.15) is 178 Å². The molecule has 4 heteroatoms. The lowest BCUT2D eigenvalue weighted by Gasteiger charge is -2.48. The lowest BCUT2D eigenvalue weighted by Crippen LogP contribution is -2.41. The van der Waals surface area contributed by atoms with Crippen molar-refractivity contribution < 1.29 is 14.3 Å². The van der Waals surface area contributed by atoms with Gasteiger partial charge in [-0.15, -0.1) is 0 Å². The Morgan fingerprint density at radius 1 is 0.462 bits per heavy atom. The van der Waals surface area contributed by atoms with Gasteiger partial charge in [-0.3, -0.25) is 4.79 Å². The van der Waals surface area contributed by atoms with Gasteiger partial charge in [0, 0.05) is 24.0 Å². The Kier molecular flexibility index (Phi) is 15.1. The van der Waals surface area contributed by atoms with Gasteiger partial charge in [0.2, 0.25) is 0 Å². The van der Waals surface area contributed by atoms with Gasteiger partial charge < -0.3 is 9.47 Å². The van der Waals surface area contributed by atoms with Gasteiger partial charge in [0.05, 0.1) is 14.2 Å². The average Bonchev–Trinajstić information content (AvgIpc) is 3.33. The van der Waals surface area contributed by atoms with Crippen LogP contribution >= 0.6 is 7.92 Å². The van der Waals surface area contributed by atoms with Crippen molar-refractivity contribution in [1.29, 1.82) is 0 Å². The number of hydrogen-bond donors (Lipinski definition) is 0. The molecule has 2 atom stereocenters. The molecule has 5 aromatic carbocycles. The Morgan fingerprint density at radius 2 is 0.800 bits per heavy atom. The van der Waals surface area contributed by atoms with Crippen LogP contribution in [-0.4, -0.2) is 31.3 Å². The minimum absolute atomic E-state index is 0.287. The molecule has 0 spiro atoms. The number of carbonyl (C=O) groups excluding carboxylic acids is 1. The molecule has 65 heavy (non-hydrogen) atoms. The molecule has 5 aromatic rings. The van der Waals surface area contributed by atoms with Crippen LogP contribution in [0.25, 0.3) is 44.5 Å². The molecule has 8 rings (SSSR count). The van der Waals surface area contributed by atoms with Crippen LogP contribution in [0.15, 0.2) is 91.0 Å². The molecule has 3 fully saturated rings. The van der Waals surface area contributed by atoms with E-state index in [9.17, 15) is 4.79 Å². The highest BCUT2D eigenvalue weighted by Crippen LogP contribution is 2.63. The molecule has 2 unspecified atom stereocenters. The van der Waals surface area contributed by atoms with Crippen molar-refractivity contribution in [1.82, 2.24) is 0 Å². The molecule has 2 saturated carbocycles. The minimum Gasteiger partial charge on any atom is -0.496 e. The summed E-state index contributed by atoms with van der Waals surface area (Å²) in [4.78, 5) is 14.5. The molecule has 344 valence electrons. The maximum atomic E-state index is 14.5. The highest BCUT2D eigenvalue weighted by Gasteiger charge is 2.47. The first kappa shape index (κ1) is 47.3. The topological polar surface area (TPSA) is 35.5 Å². The van der Waals surface area contributed by atoms with Crippen LogP contribution in [0.5, 0.6) is 11.5 Å². The minimum atomic E-state index is -0.761. The predicted octanol–water partition coefficient (Wildman–Crippen LogP) is 17.2. The Morgan fingerprint density at radius 3 is 1.14 bits per heavy atom. The maximum Gasteiger partial charge on any atom is 0.134 e. The second-order valence-corrected chi connectivity index (χ2v) is 23.7. The van der Waals surface area contributed by atoms with Crippen LogP contribution in [0.3, 0.4) is 0 Å². The zero-order valence-corrected chi connectivity index (χ0v) is 42.3. The fourth-order valence-electron chi connectivity index (χ4n) is 12.3. The van der Waals surface area contributed by atoms with Crippen molar-refractivity contribution in [3.8, 4) is 56.0 Å². The monoisotopic (exact) mass is 889 g/mol. The predicted molar refractivity (Wildman–Crippen MR) is 279 cm³/mol. The van der Waals surface area contributed by atoms with E-state index in [4.69, 9.17) is 9.47 Å².